The van der Waals surface area contributed by atoms with Gasteiger partial charge in [0.15, 0.2) is 5.82 Å². The number of imidazole rings is 1. The van der Waals surface area contributed by atoms with Gasteiger partial charge in [-0.3, -0.25) is 9.36 Å². The number of benzene rings is 1. The first-order chi connectivity index (χ1) is 10.3. The number of methoxy groups -OCH3 is 1. The number of aromatic amines is 1. The lowest BCUT2D eigenvalue weighted by Crippen LogP contribution is -2.16. The lowest BCUT2D eigenvalue weighted by atomic mass is 10.3. The zero-order valence-corrected chi connectivity index (χ0v) is 11.5. The quantitative estimate of drug-likeness (QED) is 0.732. The van der Waals surface area contributed by atoms with E-state index in [1.807, 2.05) is 28.8 Å². The molecule has 0 bridgehead atoms. The van der Waals surface area contributed by atoms with Crippen molar-refractivity contribution >= 4 is 11.0 Å². The predicted octanol–water partition coefficient (Wildman–Crippen LogP) is 0.619. The topological polar surface area (TPSA) is 98.8 Å². The van der Waals surface area contributed by atoms with Gasteiger partial charge in [0, 0.05) is 6.42 Å². The van der Waals surface area contributed by atoms with E-state index in [0.717, 1.165) is 16.9 Å². The SMILES string of the molecule is COc1c(-n2c(CCN)nc3ccccc32)nc[nH]c1=O. The Hall–Kier alpha value is -2.67. The average molecular weight is 285 g/mol. The molecule has 7 nitrogen and oxygen atoms in total. The molecule has 3 N–H and O–H groups in total. The Morgan fingerprint density at radius 2 is 2.19 bits per heavy atom. The third-order valence-corrected chi connectivity index (χ3v) is 3.21. The summed E-state index contributed by atoms with van der Waals surface area (Å²) in [5, 5.41) is 0. The third kappa shape index (κ3) is 2.17. The van der Waals surface area contributed by atoms with Crippen molar-refractivity contribution in [3.05, 3.63) is 46.8 Å². The number of para-hydroxylation sites is 2. The molecule has 0 aliphatic heterocycles. The first-order valence-corrected chi connectivity index (χ1v) is 6.54. The van der Waals surface area contributed by atoms with Crippen LogP contribution in [-0.4, -0.2) is 33.2 Å². The number of ether oxygens (including phenoxy) is 1. The van der Waals surface area contributed by atoms with Crippen LogP contribution in [0, 0.1) is 0 Å². The van der Waals surface area contributed by atoms with Gasteiger partial charge in [0.05, 0.1) is 24.5 Å². The summed E-state index contributed by atoms with van der Waals surface area (Å²) in [6.45, 7) is 0.453. The zero-order chi connectivity index (χ0) is 14.8. The van der Waals surface area contributed by atoms with E-state index in [4.69, 9.17) is 10.5 Å². The lowest BCUT2D eigenvalue weighted by Gasteiger charge is -2.10. The molecule has 3 aromatic rings. The van der Waals surface area contributed by atoms with Crippen molar-refractivity contribution in [2.75, 3.05) is 13.7 Å². The maximum atomic E-state index is 11.9. The highest BCUT2D eigenvalue weighted by molar-refractivity contribution is 5.78. The van der Waals surface area contributed by atoms with Crippen LogP contribution in [0.1, 0.15) is 5.82 Å². The molecule has 1 aromatic carbocycles. The van der Waals surface area contributed by atoms with Gasteiger partial charge in [-0.15, -0.1) is 0 Å². The molecule has 0 aliphatic rings. The number of hydrogen-bond acceptors (Lipinski definition) is 5. The van der Waals surface area contributed by atoms with Crippen LogP contribution < -0.4 is 16.0 Å². The predicted molar refractivity (Wildman–Crippen MR) is 78.8 cm³/mol. The van der Waals surface area contributed by atoms with Crippen LogP contribution in [0.2, 0.25) is 0 Å². The van der Waals surface area contributed by atoms with Gasteiger partial charge in [0.2, 0.25) is 5.75 Å². The lowest BCUT2D eigenvalue weighted by molar-refractivity contribution is 0.403. The molecular formula is C14H15N5O2. The monoisotopic (exact) mass is 285 g/mol. The van der Waals surface area contributed by atoms with Crippen LogP contribution in [0.25, 0.3) is 16.9 Å². The minimum atomic E-state index is -0.334. The van der Waals surface area contributed by atoms with Gasteiger partial charge in [0.25, 0.3) is 5.56 Å². The molecule has 0 atom stereocenters. The zero-order valence-electron chi connectivity index (χ0n) is 11.5. The Morgan fingerprint density at radius 1 is 1.38 bits per heavy atom. The molecule has 2 aromatic heterocycles. The summed E-state index contributed by atoms with van der Waals surface area (Å²) < 4.78 is 7.01. The number of rotatable bonds is 4. The number of nitrogens with two attached hydrogens (primary N) is 1. The molecule has 2 heterocycles. The summed E-state index contributed by atoms with van der Waals surface area (Å²) in [6, 6.07) is 7.65. The second-order valence-corrected chi connectivity index (χ2v) is 4.48. The van der Waals surface area contributed by atoms with E-state index in [1.165, 1.54) is 13.4 Å². The van der Waals surface area contributed by atoms with Gasteiger partial charge in [-0.2, -0.15) is 0 Å². The molecule has 0 aliphatic carbocycles. The van der Waals surface area contributed by atoms with E-state index < -0.39 is 0 Å². The number of nitrogens with zero attached hydrogens (tertiary/aromatic N) is 3. The van der Waals surface area contributed by atoms with Gasteiger partial charge in [-0.1, -0.05) is 12.1 Å². The molecule has 0 unspecified atom stereocenters. The van der Waals surface area contributed by atoms with E-state index in [0.29, 0.717) is 18.8 Å². The number of aromatic nitrogens is 4. The molecule has 0 saturated carbocycles. The van der Waals surface area contributed by atoms with Gasteiger partial charge in [0.1, 0.15) is 5.82 Å². The molecule has 108 valence electrons. The Morgan fingerprint density at radius 3 is 2.95 bits per heavy atom. The van der Waals surface area contributed by atoms with Gasteiger partial charge >= 0.3 is 0 Å². The van der Waals surface area contributed by atoms with E-state index in [2.05, 4.69) is 15.0 Å². The molecule has 0 spiro atoms. The van der Waals surface area contributed by atoms with E-state index in [1.54, 1.807) is 0 Å². The molecule has 0 amide bonds. The second kappa shape index (κ2) is 5.37. The first-order valence-electron chi connectivity index (χ1n) is 6.54. The van der Waals surface area contributed by atoms with Crippen LogP contribution >= 0.6 is 0 Å². The average Bonchev–Trinajstić information content (AvgIpc) is 2.85. The van der Waals surface area contributed by atoms with Gasteiger partial charge < -0.3 is 15.5 Å². The van der Waals surface area contributed by atoms with Crippen LogP contribution in [0.3, 0.4) is 0 Å². The molecule has 0 radical (unpaired) electrons. The molecular weight excluding hydrogens is 270 g/mol. The maximum absolute atomic E-state index is 11.9. The van der Waals surface area contributed by atoms with E-state index in [9.17, 15) is 4.79 Å². The Kier molecular flexibility index (Phi) is 3.41. The molecule has 0 fully saturated rings. The summed E-state index contributed by atoms with van der Waals surface area (Å²) in [5.74, 6) is 1.31. The fraction of sp³-hybridized carbons (Fsp3) is 0.214. The highest BCUT2D eigenvalue weighted by Gasteiger charge is 2.18. The maximum Gasteiger partial charge on any atom is 0.295 e. The summed E-state index contributed by atoms with van der Waals surface area (Å²) in [5.41, 5.74) is 7.01. The van der Waals surface area contributed by atoms with E-state index >= 15 is 0 Å². The smallest absolute Gasteiger partial charge is 0.295 e. The minimum Gasteiger partial charge on any atom is -0.488 e. The fourth-order valence-corrected chi connectivity index (χ4v) is 2.33. The van der Waals surface area contributed by atoms with Crippen molar-refractivity contribution in [3.8, 4) is 11.6 Å². The van der Waals surface area contributed by atoms with E-state index in [-0.39, 0.29) is 11.3 Å². The highest BCUT2D eigenvalue weighted by atomic mass is 16.5. The van der Waals surface area contributed by atoms with Gasteiger partial charge in [-0.25, -0.2) is 9.97 Å². The number of nitrogens with one attached hydrogen (secondary N) is 1. The molecule has 3 rings (SSSR count). The normalized spacial score (nSPS) is 11.0. The van der Waals surface area contributed by atoms with Crippen molar-refractivity contribution in [3.63, 3.8) is 0 Å². The minimum absolute atomic E-state index is 0.152. The third-order valence-electron chi connectivity index (χ3n) is 3.21. The van der Waals surface area contributed by atoms with Gasteiger partial charge in [-0.05, 0) is 18.7 Å². The highest BCUT2D eigenvalue weighted by Crippen LogP contribution is 2.24. The summed E-state index contributed by atoms with van der Waals surface area (Å²) in [6.07, 6.45) is 1.92. The van der Waals surface area contributed by atoms with Crippen molar-refractivity contribution in [1.29, 1.82) is 0 Å². The van der Waals surface area contributed by atoms with Crippen molar-refractivity contribution in [1.82, 2.24) is 19.5 Å². The largest absolute Gasteiger partial charge is 0.488 e. The second-order valence-electron chi connectivity index (χ2n) is 4.48. The van der Waals surface area contributed by atoms with Crippen LogP contribution in [0.5, 0.6) is 5.75 Å². The van der Waals surface area contributed by atoms with Crippen LogP contribution in [0.15, 0.2) is 35.4 Å². The molecule has 21 heavy (non-hydrogen) atoms. The van der Waals surface area contributed by atoms with Crippen molar-refractivity contribution in [2.45, 2.75) is 6.42 Å². The fourth-order valence-electron chi connectivity index (χ4n) is 2.33. The summed E-state index contributed by atoms with van der Waals surface area (Å²) >= 11 is 0. The first kappa shape index (κ1) is 13.3. The number of fused-ring (bicyclic) bond motifs is 1. The summed E-state index contributed by atoms with van der Waals surface area (Å²) in [7, 11) is 1.44. The number of hydrogen-bond donors (Lipinski definition) is 2. The van der Waals surface area contributed by atoms with Crippen molar-refractivity contribution in [2.24, 2.45) is 5.73 Å². The van der Waals surface area contributed by atoms with Crippen LogP contribution in [-0.2, 0) is 6.42 Å². The standard InChI is InChI=1S/C14H15N5O2/c1-21-12-13(16-8-17-14(12)20)19-10-5-3-2-4-9(10)18-11(19)6-7-15/h2-5,8H,6-7,15H2,1H3,(H,16,17,20). The molecule has 7 heteroatoms. The summed E-state index contributed by atoms with van der Waals surface area (Å²) in [4.78, 5) is 23.2. The van der Waals surface area contributed by atoms with Crippen molar-refractivity contribution < 1.29 is 4.74 Å². The number of H-pyrrole nitrogens is 1. The Bertz CT molecular complexity index is 837. The molecule has 0 saturated heterocycles. The Labute approximate surface area is 120 Å². The Balaban J connectivity index is 2.36. The van der Waals surface area contributed by atoms with Crippen LogP contribution in [0.4, 0.5) is 0 Å².